The molecule has 0 aromatic carbocycles. The van der Waals surface area contributed by atoms with E-state index in [2.05, 4.69) is 110 Å². The van der Waals surface area contributed by atoms with Crippen molar-refractivity contribution in [2.24, 2.45) is 141 Å². The molecule has 19 atom stereocenters. The standard InChI is InChI=1S/C36H64.2C10H20.3C9H16.2C9H18.C5H10.10CH3.10ClH.5Zr/c1-10-12-14-25-15-16-28(22-25)36(9,21-13-11-2)33-31-23-26(34(3,4)5)17-19-29(31)30-20-18-27(24-32(30)33)35(6,7)8;2*1-3-4-5-10-7-6-9(2)8-10;3*1-2-5-9-7-3-6-8(9)4-1;2*1-2-3-6-9-7-4-5-8-9;1-2-4-5-3-1;;;;;;;;;;;;;;;;;;;;;;;;;/h11,25-33H,2,10,12-24H2,1,3-9H3;2*9-10H,3-8H2,1-2H3;3*8-9H,1-7H2;2*9H,2-8H2,1H3;1-5H2;10*1H3;10*1H;;;;;/q;;;;;;;;;10*-1;;;;;;;;;;;5*+4/p-10. The number of unbranched alkanes of at least 4 members (excludes halogenated alkanes) is 5. The molecule has 131 heavy (non-hydrogen) atoms. The van der Waals surface area contributed by atoms with Gasteiger partial charge in [0.05, 0.1) is 0 Å². The molecule has 0 saturated heterocycles. The third kappa shape index (κ3) is 68.5. The van der Waals surface area contributed by atoms with Crippen LogP contribution in [0.2, 0.25) is 0 Å². The van der Waals surface area contributed by atoms with Crippen LogP contribution in [0.4, 0.5) is 0 Å². The summed E-state index contributed by atoms with van der Waals surface area (Å²) in [5.41, 5.74) is 1.44. The Morgan fingerprint density at radius 2 is 0.473 bits per heavy atom. The maximum atomic E-state index is 4.93. The van der Waals surface area contributed by atoms with Crippen LogP contribution < -0.4 is 0 Å². The molecule has 0 nitrogen and oxygen atoms in total. The Kier molecular flexibility index (Phi) is 118. The van der Waals surface area contributed by atoms with Gasteiger partial charge in [-0.2, -0.15) is 0 Å². The van der Waals surface area contributed by atoms with Crippen LogP contribution in [0, 0.1) is 215 Å². The molecule has 0 heterocycles. The number of hydrogen-bond donors (Lipinski definition) is 0. The summed E-state index contributed by atoms with van der Waals surface area (Å²) in [5, 5.41) is 0. The van der Waals surface area contributed by atoms with E-state index < -0.39 is 104 Å². The van der Waals surface area contributed by atoms with Gasteiger partial charge in [0.25, 0.3) is 0 Å². The van der Waals surface area contributed by atoms with E-state index in [0.717, 1.165) is 88.8 Å². The second-order valence-electron chi connectivity index (χ2n) is 44.6. The summed E-state index contributed by atoms with van der Waals surface area (Å²) in [5.74, 6) is 22.3. The van der Waals surface area contributed by atoms with Crippen molar-refractivity contribution >= 4 is 85.1 Å². The normalized spacial score (nSPS) is 29.3. The zero-order valence-electron chi connectivity index (χ0n) is 91.9. The van der Waals surface area contributed by atoms with Crippen LogP contribution in [-0.2, 0) is 104 Å². The molecule has 782 valence electrons. The Bertz CT molecular complexity index is 2100. The Labute approximate surface area is 925 Å². The van der Waals surface area contributed by atoms with Crippen molar-refractivity contribution in [1.29, 1.82) is 0 Å². The van der Waals surface area contributed by atoms with E-state index in [9.17, 15) is 0 Å². The van der Waals surface area contributed by atoms with Gasteiger partial charge in [-0.25, -0.2) is 0 Å². The van der Waals surface area contributed by atoms with Gasteiger partial charge in [-0.15, -0.1) is 6.58 Å². The Morgan fingerprint density at radius 3 is 0.702 bits per heavy atom. The van der Waals surface area contributed by atoms with E-state index in [1.807, 2.05) is 0 Å². The fourth-order valence-corrected chi connectivity index (χ4v) is 27.4. The van der Waals surface area contributed by atoms with E-state index >= 15 is 0 Å². The first kappa shape index (κ1) is 156. The van der Waals surface area contributed by atoms with Gasteiger partial charge in [0.15, 0.2) is 0 Å². The molecule has 0 aliphatic heterocycles. The molecular weight excluding hydrogens is 2200 g/mol. The molecule has 0 bridgehead atoms. The van der Waals surface area contributed by atoms with Crippen molar-refractivity contribution in [2.45, 2.75) is 521 Å². The molecule has 0 aromatic rings. The van der Waals surface area contributed by atoms with Gasteiger partial charge >= 0.3 is 189 Å². The van der Waals surface area contributed by atoms with Crippen LogP contribution in [0.3, 0.4) is 0 Å². The first-order valence-electron chi connectivity index (χ1n) is 52.8. The summed E-state index contributed by atoms with van der Waals surface area (Å²) in [6.45, 7) is 38.6. The van der Waals surface area contributed by atoms with Gasteiger partial charge in [-0.05, 0) is 218 Å². The summed E-state index contributed by atoms with van der Waals surface area (Å²) < 4.78 is 0. The fraction of sp³-hybridized carbons (Fsp3) is 0.897. The van der Waals surface area contributed by atoms with Gasteiger partial charge in [0.1, 0.15) is 0 Å². The van der Waals surface area contributed by atoms with Crippen molar-refractivity contribution in [3.05, 3.63) is 86.9 Å². The van der Waals surface area contributed by atoms with Crippen LogP contribution in [-0.4, -0.2) is 0 Å². The average molecular weight is 2430 g/mol. The third-order valence-corrected chi connectivity index (χ3v) is 34.2. The molecule has 15 aliphatic carbocycles. The minimum atomic E-state index is -0.826. The monoisotopic (exact) mass is 2420 g/mol. The van der Waals surface area contributed by atoms with Crippen molar-refractivity contribution in [2.75, 3.05) is 0 Å². The molecular formula is C116H228Cl10Zr5. The van der Waals surface area contributed by atoms with Crippen molar-refractivity contribution < 1.29 is 104 Å². The van der Waals surface area contributed by atoms with E-state index in [-0.39, 0.29) is 74.3 Å². The van der Waals surface area contributed by atoms with E-state index in [4.69, 9.17) is 85.1 Å². The molecule has 0 radical (unpaired) electrons. The molecule has 15 aliphatic rings. The molecule has 15 rings (SSSR count). The predicted molar refractivity (Wildman–Crippen MR) is 598 cm³/mol. The maximum absolute atomic E-state index is 4.93. The topological polar surface area (TPSA) is 0 Å². The molecule has 0 N–H and O–H groups in total. The van der Waals surface area contributed by atoms with Gasteiger partial charge in [0, 0.05) is 0 Å². The molecule has 0 amide bonds. The summed E-state index contributed by atoms with van der Waals surface area (Å²) in [6.07, 6.45) is 101. The van der Waals surface area contributed by atoms with Gasteiger partial charge in [0.2, 0.25) is 0 Å². The number of rotatable bonds is 20. The number of allylic oxidation sites excluding steroid dienone is 1. The third-order valence-electron chi connectivity index (χ3n) is 34.2. The number of hydrogen-bond acceptors (Lipinski definition) is 0. The van der Waals surface area contributed by atoms with Crippen LogP contribution in [0.25, 0.3) is 0 Å². The number of fused-ring (bicyclic) bond motifs is 6. The van der Waals surface area contributed by atoms with Gasteiger partial charge in [-0.3, -0.25) is 0 Å². The summed E-state index contributed by atoms with van der Waals surface area (Å²) in [4.78, 5) is 0. The van der Waals surface area contributed by atoms with Crippen molar-refractivity contribution in [3.63, 3.8) is 0 Å². The van der Waals surface area contributed by atoms with Crippen LogP contribution in [0.5, 0.6) is 0 Å². The minimum absolute atomic E-state index is 0. The Balaban J connectivity index is -0.000000189. The summed E-state index contributed by atoms with van der Waals surface area (Å²) >= 11 is -4.13. The van der Waals surface area contributed by atoms with E-state index in [1.54, 1.807) is 77.0 Å². The molecule has 15 heteroatoms. The molecule has 19 unspecified atom stereocenters. The predicted octanol–water partition coefficient (Wildman–Crippen LogP) is 47.6. The van der Waals surface area contributed by atoms with Crippen LogP contribution in [0.15, 0.2) is 12.7 Å². The fourth-order valence-electron chi connectivity index (χ4n) is 27.4. The molecule has 15 fully saturated rings. The van der Waals surface area contributed by atoms with Crippen LogP contribution in [0.1, 0.15) is 521 Å². The number of halogens is 10. The van der Waals surface area contributed by atoms with E-state index in [1.165, 1.54) is 382 Å². The second-order valence-corrected chi connectivity index (χ2v) is 63.2. The quantitative estimate of drug-likeness (QED) is 0.0842. The molecule has 0 spiro atoms. The summed E-state index contributed by atoms with van der Waals surface area (Å²) in [7, 11) is 49.3. The van der Waals surface area contributed by atoms with Gasteiger partial charge in [-0.1, -0.05) is 450 Å². The average Bonchev–Trinajstić information content (AvgIpc) is 1.56. The van der Waals surface area contributed by atoms with Gasteiger partial charge < -0.3 is 74.3 Å². The zero-order chi connectivity index (χ0) is 89.5. The second kappa shape index (κ2) is 99.0. The summed E-state index contributed by atoms with van der Waals surface area (Å²) in [6, 6.07) is 0. The van der Waals surface area contributed by atoms with E-state index in [0.29, 0.717) is 16.2 Å². The SMILES string of the molecule is C1CCC2CCCC2C1.C1CCC2CCCC2C1.C1CCC2CCCC2C1.C1CCCC1.C=CCCC(C)(C1CCC(CCCC)C1)C1C2CC(C(C)(C)C)CCC2C2CCC(C(C)(C)C)CC21.CCCCC1CCC(C)C1.CCCCC1CCC(C)C1.CCCCC1CCCC1.CCCCC1CCCC1.[CH3-].[CH3-].[CH3-].[CH3-].[CH3-].[CH3-].[CH3-].[CH3-].[CH3-].[CH3-].[Cl][Zr+2][Cl].[Cl][Zr+2][Cl].[Cl][Zr+2][Cl].[Cl][Zr+2][Cl].[Cl][Zr+2][Cl]. The first-order chi connectivity index (χ1) is 58.4. The van der Waals surface area contributed by atoms with Crippen LogP contribution >= 0.6 is 85.1 Å². The van der Waals surface area contributed by atoms with Crippen molar-refractivity contribution in [1.82, 2.24) is 0 Å². The first-order valence-corrected chi connectivity index (χ1v) is 84.5. The Hall–Kier alpha value is 7.06. The zero-order valence-corrected chi connectivity index (χ0v) is 112. The Morgan fingerprint density at radius 1 is 0.252 bits per heavy atom. The molecule has 0 aromatic heterocycles. The van der Waals surface area contributed by atoms with Crippen molar-refractivity contribution in [3.8, 4) is 0 Å². The molecule has 15 saturated carbocycles.